The molecule has 0 aromatic heterocycles. The molecule has 3 atom stereocenters. The molecule has 0 spiro atoms. The smallest absolute Gasteiger partial charge is 0.407 e. The molecule has 0 saturated heterocycles. The van der Waals surface area contributed by atoms with Crippen LogP contribution < -0.4 is 11.1 Å². The van der Waals surface area contributed by atoms with Gasteiger partial charge < -0.3 is 15.8 Å². The first kappa shape index (κ1) is 13.3. The SMILES string of the molecule is CC(C)C(NC(=O)OC(C)(C)C)C1CC1N. The van der Waals surface area contributed by atoms with Crippen LogP contribution in [0.25, 0.3) is 0 Å². The minimum absolute atomic E-state index is 0.129. The monoisotopic (exact) mass is 228 g/mol. The van der Waals surface area contributed by atoms with Crippen molar-refractivity contribution in [3.05, 3.63) is 0 Å². The highest BCUT2D eigenvalue weighted by Crippen LogP contribution is 2.34. The second kappa shape index (κ2) is 4.62. The van der Waals surface area contributed by atoms with Gasteiger partial charge in [0, 0.05) is 12.1 Å². The number of alkyl carbamates (subject to hydrolysis) is 1. The third-order valence-corrected chi connectivity index (χ3v) is 2.75. The number of nitrogens with one attached hydrogen (secondary N) is 1. The van der Waals surface area contributed by atoms with Gasteiger partial charge in [-0.1, -0.05) is 13.8 Å². The van der Waals surface area contributed by atoms with Gasteiger partial charge in [0.15, 0.2) is 0 Å². The molecule has 0 radical (unpaired) electrons. The molecule has 0 bridgehead atoms. The standard InChI is InChI=1S/C12H24N2O2/c1-7(2)10(8-6-9(8)13)14-11(15)16-12(3,4)5/h7-10H,6,13H2,1-5H3,(H,14,15). The van der Waals surface area contributed by atoms with Gasteiger partial charge in [0.05, 0.1) is 0 Å². The molecule has 1 aliphatic carbocycles. The zero-order chi connectivity index (χ0) is 12.5. The molecule has 1 rings (SSSR count). The highest BCUT2D eigenvalue weighted by Gasteiger charge is 2.42. The zero-order valence-electron chi connectivity index (χ0n) is 10.9. The number of rotatable bonds is 3. The summed E-state index contributed by atoms with van der Waals surface area (Å²) in [7, 11) is 0. The van der Waals surface area contributed by atoms with Crippen LogP contribution in [0.15, 0.2) is 0 Å². The van der Waals surface area contributed by atoms with Crippen LogP contribution in [0.4, 0.5) is 4.79 Å². The first-order valence-electron chi connectivity index (χ1n) is 5.96. The van der Waals surface area contributed by atoms with Crippen molar-refractivity contribution in [1.29, 1.82) is 0 Å². The Morgan fingerprint density at radius 1 is 1.44 bits per heavy atom. The number of hydrogen-bond donors (Lipinski definition) is 2. The van der Waals surface area contributed by atoms with Crippen LogP contribution in [0.5, 0.6) is 0 Å². The average molecular weight is 228 g/mol. The fraction of sp³-hybridized carbons (Fsp3) is 0.917. The molecule has 3 unspecified atom stereocenters. The topological polar surface area (TPSA) is 64.3 Å². The minimum Gasteiger partial charge on any atom is -0.444 e. The van der Waals surface area contributed by atoms with E-state index in [1.807, 2.05) is 20.8 Å². The van der Waals surface area contributed by atoms with Gasteiger partial charge in [0.2, 0.25) is 0 Å². The Kier molecular flexibility index (Phi) is 3.84. The highest BCUT2D eigenvalue weighted by molar-refractivity contribution is 5.68. The minimum atomic E-state index is -0.447. The number of carbonyl (C=O) groups excluding carboxylic acids is 1. The van der Waals surface area contributed by atoms with Gasteiger partial charge in [0.25, 0.3) is 0 Å². The van der Waals surface area contributed by atoms with Crippen molar-refractivity contribution in [2.45, 2.75) is 58.7 Å². The van der Waals surface area contributed by atoms with Gasteiger partial charge >= 0.3 is 6.09 Å². The summed E-state index contributed by atoms with van der Waals surface area (Å²) in [4.78, 5) is 11.6. The number of nitrogens with two attached hydrogens (primary N) is 1. The van der Waals surface area contributed by atoms with Crippen LogP contribution in [0.3, 0.4) is 0 Å². The van der Waals surface area contributed by atoms with E-state index in [0.717, 1.165) is 6.42 Å². The second-order valence-electron chi connectivity index (χ2n) is 5.98. The molecule has 1 fully saturated rings. The zero-order valence-corrected chi connectivity index (χ0v) is 10.9. The molecule has 1 aliphatic rings. The fourth-order valence-electron chi connectivity index (χ4n) is 1.86. The van der Waals surface area contributed by atoms with E-state index in [9.17, 15) is 4.79 Å². The number of hydrogen-bond acceptors (Lipinski definition) is 3. The molecule has 0 aromatic carbocycles. The molecule has 0 heterocycles. The third kappa shape index (κ3) is 4.00. The van der Waals surface area contributed by atoms with Crippen LogP contribution in [0.1, 0.15) is 41.0 Å². The summed E-state index contributed by atoms with van der Waals surface area (Å²) in [6.07, 6.45) is 0.656. The lowest BCUT2D eigenvalue weighted by Crippen LogP contribution is -2.44. The van der Waals surface area contributed by atoms with Gasteiger partial charge in [-0.15, -0.1) is 0 Å². The molecular formula is C12H24N2O2. The molecule has 94 valence electrons. The summed E-state index contributed by atoms with van der Waals surface area (Å²) in [5.74, 6) is 0.790. The van der Waals surface area contributed by atoms with Gasteiger partial charge in [-0.3, -0.25) is 0 Å². The molecule has 4 heteroatoms. The molecule has 3 N–H and O–H groups in total. The van der Waals surface area contributed by atoms with Crippen LogP contribution in [-0.4, -0.2) is 23.8 Å². The molecule has 4 nitrogen and oxygen atoms in total. The Balaban J connectivity index is 2.46. The van der Waals surface area contributed by atoms with Crippen molar-refractivity contribution in [3.8, 4) is 0 Å². The van der Waals surface area contributed by atoms with Crippen molar-refractivity contribution < 1.29 is 9.53 Å². The van der Waals surface area contributed by atoms with Gasteiger partial charge in [-0.05, 0) is 39.0 Å². The average Bonchev–Trinajstić information content (AvgIpc) is 2.74. The Morgan fingerprint density at radius 2 is 1.94 bits per heavy atom. The summed E-state index contributed by atoms with van der Waals surface area (Å²) in [6.45, 7) is 9.76. The van der Waals surface area contributed by atoms with Crippen molar-refractivity contribution in [2.24, 2.45) is 17.6 Å². The van der Waals surface area contributed by atoms with E-state index in [2.05, 4.69) is 19.2 Å². The van der Waals surface area contributed by atoms with Gasteiger partial charge in [-0.25, -0.2) is 4.79 Å². The Hall–Kier alpha value is -0.770. The van der Waals surface area contributed by atoms with E-state index in [0.29, 0.717) is 11.8 Å². The van der Waals surface area contributed by atoms with Crippen LogP contribution in [0, 0.1) is 11.8 Å². The summed E-state index contributed by atoms with van der Waals surface area (Å²) in [5.41, 5.74) is 5.37. The second-order valence-corrected chi connectivity index (χ2v) is 5.98. The summed E-state index contributed by atoms with van der Waals surface area (Å²) >= 11 is 0. The molecule has 0 aromatic rings. The van der Waals surface area contributed by atoms with E-state index in [4.69, 9.17) is 10.5 Å². The largest absolute Gasteiger partial charge is 0.444 e. The van der Waals surface area contributed by atoms with Crippen LogP contribution >= 0.6 is 0 Å². The fourth-order valence-corrected chi connectivity index (χ4v) is 1.86. The van der Waals surface area contributed by atoms with Crippen LogP contribution in [0.2, 0.25) is 0 Å². The van der Waals surface area contributed by atoms with Crippen molar-refractivity contribution >= 4 is 6.09 Å². The highest BCUT2D eigenvalue weighted by atomic mass is 16.6. The quantitative estimate of drug-likeness (QED) is 0.775. The Morgan fingerprint density at radius 3 is 2.25 bits per heavy atom. The van der Waals surface area contributed by atoms with E-state index >= 15 is 0 Å². The van der Waals surface area contributed by atoms with Crippen molar-refractivity contribution in [2.75, 3.05) is 0 Å². The molecular weight excluding hydrogens is 204 g/mol. The molecule has 16 heavy (non-hydrogen) atoms. The maximum Gasteiger partial charge on any atom is 0.407 e. The number of amides is 1. The van der Waals surface area contributed by atoms with E-state index in [1.54, 1.807) is 0 Å². The summed E-state index contributed by atoms with van der Waals surface area (Å²) < 4.78 is 5.24. The number of carbonyl (C=O) groups is 1. The lowest BCUT2D eigenvalue weighted by atomic mass is 9.99. The molecule has 0 aliphatic heterocycles. The molecule has 1 saturated carbocycles. The lowest BCUT2D eigenvalue weighted by molar-refractivity contribution is 0.0481. The predicted molar refractivity (Wildman–Crippen MR) is 64.1 cm³/mol. The Bertz CT molecular complexity index is 258. The van der Waals surface area contributed by atoms with Crippen molar-refractivity contribution in [1.82, 2.24) is 5.32 Å². The third-order valence-electron chi connectivity index (χ3n) is 2.75. The van der Waals surface area contributed by atoms with E-state index < -0.39 is 5.60 Å². The summed E-state index contributed by atoms with van der Waals surface area (Å²) in [6, 6.07) is 0.368. The van der Waals surface area contributed by atoms with Crippen LogP contribution in [-0.2, 0) is 4.74 Å². The Labute approximate surface area is 97.9 Å². The van der Waals surface area contributed by atoms with Gasteiger partial charge in [0.1, 0.15) is 5.60 Å². The van der Waals surface area contributed by atoms with E-state index in [-0.39, 0.29) is 18.2 Å². The molecule has 1 amide bonds. The maximum atomic E-state index is 11.6. The first-order valence-corrected chi connectivity index (χ1v) is 5.96. The first-order chi connectivity index (χ1) is 7.20. The van der Waals surface area contributed by atoms with E-state index in [1.165, 1.54) is 0 Å². The maximum absolute atomic E-state index is 11.6. The number of ether oxygens (including phenoxy) is 1. The summed E-state index contributed by atoms with van der Waals surface area (Å²) in [5, 5.41) is 2.92. The normalized spacial score (nSPS) is 26.4. The lowest BCUT2D eigenvalue weighted by Gasteiger charge is -2.25. The van der Waals surface area contributed by atoms with Crippen molar-refractivity contribution in [3.63, 3.8) is 0 Å². The van der Waals surface area contributed by atoms with Gasteiger partial charge in [-0.2, -0.15) is 0 Å². The predicted octanol–water partition coefficient (Wildman–Crippen LogP) is 1.88.